The van der Waals surface area contributed by atoms with E-state index in [1.807, 2.05) is 18.0 Å². The minimum absolute atomic E-state index is 0.0545. The van der Waals surface area contributed by atoms with Gasteiger partial charge in [-0.2, -0.15) is 15.3 Å². The normalized spacial score (nSPS) is 27.9. The van der Waals surface area contributed by atoms with Crippen LogP contribution in [0, 0.1) is 22.2 Å². The summed E-state index contributed by atoms with van der Waals surface area (Å²) in [6.45, 7) is 4.36. The lowest BCUT2D eigenvalue weighted by atomic mass is 9.54. The van der Waals surface area contributed by atoms with Crippen LogP contribution in [0.25, 0.3) is 22.8 Å². The van der Waals surface area contributed by atoms with E-state index in [2.05, 4.69) is 39.1 Å². The minimum atomic E-state index is -0.944. The molecule has 9 nitrogen and oxygen atoms in total. The second-order valence-electron chi connectivity index (χ2n) is 10.6. The van der Waals surface area contributed by atoms with Crippen molar-refractivity contribution in [3.63, 3.8) is 0 Å². The number of phenols is 1. The van der Waals surface area contributed by atoms with Gasteiger partial charge in [-0.05, 0) is 43.2 Å². The van der Waals surface area contributed by atoms with Crippen molar-refractivity contribution in [3.8, 4) is 34.6 Å². The van der Waals surface area contributed by atoms with Crippen molar-refractivity contribution in [1.29, 1.82) is 5.26 Å². The van der Waals surface area contributed by atoms with Crippen LogP contribution >= 0.6 is 0 Å². The van der Waals surface area contributed by atoms with Crippen LogP contribution in [0.5, 0.6) is 5.75 Å². The number of hydrogen-bond donors (Lipinski definition) is 1. The Hall–Kier alpha value is -3.61. The van der Waals surface area contributed by atoms with Crippen LogP contribution in [0.15, 0.2) is 24.4 Å². The van der Waals surface area contributed by atoms with Crippen LogP contribution in [0.1, 0.15) is 51.8 Å². The summed E-state index contributed by atoms with van der Waals surface area (Å²) in [5.74, 6) is 1.22. The molecule has 2 heterocycles. The molecule has 2 aromatic heterocycles. The Balaban J connectivity index is 1.37. The van der Waals surface area contributed by atoms with E-state index in [9.17, 15) is 5.11 Å². The third-order valence-electron chi connectivity index (χ3n) is 7.83. The van der Waals surface area contributed by atoms with E-state index in [1.54, 1.807) is 25.4 Å². The highest BCUT2D eigenvalue weighted by molar-refractivity contribution is 5.70. The number of benzene rings is 1. The Kier molecular flexibility index (Phi) is 5.46. The maximum atomic E-state index is 15.7. The van der Waals surface area contributed by atoms with Gasteiger partial charge in [0.1, 0.15) is 18.0 Å². The molecule has 35 heavy (non-hydrogen) atoms. The van der Waals surface area contributed by atoms with Gasteiger partial charge in [0, 0.05) is 25.1 Å². The predicted octanol–water partition coefficient (Wildman–Crippen LogP) is 4.04. The highest BCUT2D eigenvalue weighted by Crippen LogP contribution is 2.57. The summed E-state index contributed by atoms with van der Waals surface area (Å²) in [6.07, 6.45) is 5.47. The van der Waals surface area contributed by atoms with E-state index in [0.29, 0.717) is 22.8 Å². The van der Waals surface area contributed by atoms with Crippen molar-refractivity contribution in [2.24, 2.45) is 17.9 Å². The second-order valence-corrected chi connectivity index (χ2v) is 10.6. The molecule has 182 valence electrons. The molecule has 0 radical (unpaired) electrons. The van der Waals surface area contributed by atoms with Crippen molar-refractivity contribution in [1.82, 2.24) is 29.9 Å². The molecule has 0 amide bonds. The van der Waals surface area contributed by atoms with E-state index in [-0.39, 0.29) is 34.3 Å². The molecule has 5 rings (SSSR count). The first-order valence-corrected chi connectivity index (χ1v) is 11.8. The summed E-state index contributed by atoms with van der Waals surface area (Å²) in [5, 5.41) is 32.4. The van der Waals surface area contributed by atoms with Gasteiger partial charge < -0.3 is 10.0 Å². The molecule has 2 saturated carbocycles. The zero-order chi connectivity index (χ0) is 25.0. The number of anilines is 1. The molecule has 3 aromatic rings. The Labute approximate surface area is 203 Å². The fourth-order valence-electron chi connectivity index (χ4n) is 6.07. The molecule has 2 aliphatic carbocycles. The van der Waals surface area contributed by atoms with Gasteiger partial charge in [-0.25, -0.2) is 14.1 Å². The maximum absolute atomic E-state index is 15.7. The van der Waals surface area contributed by atoms with E-state index in [1.165, 1.54) is 10.7 Å². The summed E-state index contributed by atoms with van der Waals surface area (Å²) in [6, 6.07) is 6.58. The lowest BCUT2D eigenvalue weighted by molar-refractivity contribution is -0.0540. The molecule has 2 bridgehead atoms. The van der Waals surface area contributed by atoms with Crippen LogP contribution in [-0.2, 0) is 7.05 Å². The summed E-state index contributed by atoms with van der Waals surface area (Å²) >= 11 is 0. The second kappa shape index (κ2) is 8.26. The number of phenolic OH excluding ortho intramolecular Hbond substituents is 1. The van der Waals surface area contributed by atoms with Crippen molar-refractivity contribution in [3.05, 3.63) is 30.2 Å². The summed E-state index contributed by atoms with van der Waals surface area (Å²) in [5.41, 5.74) is 0.794. The SMILES string of the molecule is CN(c1cnc(-c2ccc(-c3nc(C#N)n(C)n3)cc2O)nn1)[C@@H]1C[C@@]2(C)CCC[C@](C)(C2)[C@@H]1F. The Morgan fingerprint density at radius 2 is 2.03 bits per heavy atom. The van der Waals surface area contributed by atoms with Gasteiger partial charge in [0.25, 0.3) is 0 Å². The topological polar surface area (TPSA) is 117 Å². The lowest BCUT2D eigenvalue weighted by Gasteiger charge is -2.55. The predicted molar refractivity (Wildman–Crippen MR) is 128 cm³/mol. The first kappa shape index (κ1) is 23.1. The van der Waals surface area contributed by atoms with Gasteiger partial charge in [-0.15, -0.1) is 10.2 Å². The van der Waals surface area contributed by atoms with Crippen molar-refractivity contribution < 1.29 is 9.50 Å². The van der Waals surface area contributed by atoms with Crippen molar-refractivity contribution in [2.45, 2.75) is 58.2 Å². The number of aromatic hydroxyl groups is 1. The molecule has 0 aliphatic heterocycles. The zero-order valence-corrected chi connectivity index (χ0v) is 20.4. The molecule has 0 saturated heterocycles. The number of aryl methyl sites for hydroxylation is 1. The largest absolute Gasteiger partial charge is 0.507 e. The molecule has 0 unspecified atom stereocenters. The fourth-order valence-corrected chi connectivity index (χ4v) is 6.07. The zero-order valence-electron chi connectivity index (χ0n) is 20.4. The molecule has 4 atom stereocenters. The van der Waals surface area contributed by atoms with Crippen LogP contribution in [0.4, 0.5) is 10.2 Å². The van der Waals surface area contributed by atoms with Gasteiger partial charge in [-0.1, -0.05) is 26.3 Å². The number of rotatable bonds is 4. The van der Waals surface area contributed by atoms with Gasteiger partial charge in [0.2, 0.25) is 5.82 Å². The van der Waals surface area contributed by atoms with E-state index in [0.717, 1.165) is 32.1 Å². The monoisotopic (exact) mass is 476 g/mol. The number of halogens is 1. The molecule has 10 heteroatoms. The molecule has 1 aromatic carbocycles. The number of hydrogen-bond acceptors (Lipinski definition) is 8. The van der Waals surface area contributed by atoms with Crippen LogP contribution < -0.4 is 4.90 Å². The summed E-state index contributed by atoms with van der Waals surface area (Å²) < 4.78 is 17.0. The number of nitrogens with zero attached hydrogens (tertiary/aromatic N) is 8. The number of nitriles is 1. The molecule has 1 N–H and O–H groups in total. The van der Waals surface area contributed by atoms with Gasteiger partial charge in [-0.3, -0.25) is 0 Å². The first-order chi connectivity index (χ1) is 16.6. The average molecular weight is 477 g/mol. The average Bonchev–Trinajstić information content (AvgIpc) is 3.21. The van der Waals surface area contributed by atoms with Gasteiger partial charge >= 0.3 is 0 Å². The van der Waals surface area contributed by atoms with E-state index < -0.39 is 6.17 Å². The molecular weight excluding hydrogens is 447 g/mol. The van der Waals surface area contributed by atoms with Gasteiger partial charge in [0.15, 0.2) is 17.5 Å². The molecule has 0 spiro atoms. The highest BCUT2D eigenvalue weighted by Gasteiger charge is 2.54. The molecule has 2 aliphatic rings. The lowest BCUT2D eigenvalue weighted by Crippen LogP contribution is -2.57. The Morgan fingerprint density at radius 1 is 1.23 bits per heavy atom. The van der Waals surface area contributed by atoms with Crippen molar-refractivity contribution in [2.75, 3.05) is 11.9 Å². The summed E-state index contributed by atoms with van der Waals surface area (Å²) in [4.78, 5) is 10.4. The first-order valence-electron chi connectivity index (χ1n) is 11.8. The minimum Gasteiger partial charge on any atom is -0.507 e. The summed E-state index contributed by atoms with van der Waals surface area (Å²) in [7, 11) is 3.49. The molecule has 2 fully saturated rings. The standard InChI is InChI=1S/C25H29FN8O/c1-24-8-5-9-25(2,14-24)21(26)17(11-24)33(3)20-13-28-23(31-30-20)16-7-6-15(10-18(16)35)22-29-19(12-27)34(4)32-22/h6-7,10,13,17,21,35H,5,8-9,11,14H2,1-4H3/t17-,21-,24-,25-/m1/s1. The van der Waals surface area contributed by atoms with E-state index in [4.69, 9.17) is 5.26 Å². The maximum Gasteiger partial charge on any atom is 0.231 e. The fraction of sp³-hybridized carbons (Fsp3) is 0.520. The number of aromatic nitrogens is 6. The third kappa shape index (κ3) is 3.99. The van der Waals surface area contributed by atoms with Gasteiger partial charge in [0.05, 0.1) is 17.8 Å². The van der Waals surface area contributed by atoms with E-state index >= 15 is 4.39 Å². The van der Waals surface area contributed by atoms with Crippen LogP contribution in [-0.4, -0.2) is 54.3 Å². The number of fused-ring (bicyclic) bond motifs is 2. The highest BCUT2D eigenvalue weighted by atomic mass is 19.1. The Bertz CT molecular complexity index is 1300. The number of alkyl halides is 1. The third-order valence-corrected chi connectivity index (χ3v) is 7.83. The van der Waals surface area contributed by atoms with Crippen LogP contribution in [0.2, 0.25) is 0 Å². The van der Waals surface area contributed by atoms with Crippen molar-refractivity contribution >= 4 is 5.82 Å². The molecular formula is C25H29FN8O. The van der Waals surface area contributed by atoms with Crippen LogP contribution in [0.3, 0.4) is 0 Å². The quantitative estimate of drug-likeness (QED) is 0.600. The smallest absolute Gasteiger partial charge is 0.231 e. The Morgan fingerprint density at radius 3 is 2.69 bits per heavy atom.